The minimum Gasteiger partial charge on any atom is -0.325 e. The zero-order valence-corrected chi connectivity index (χ0v) is 17.2. The second kappa shape index (κ2) is 6.42. The van der Waals surface area contributed by atoms with E-state index in [0.717, 1.165) is 39.3 Å². The summed E-state index contributed by atoms with van der Waals surface area (Å²) in [6, 6.07) is 11.6. The number of hydrogen-bond donors (Lipinski definition) is 2. The molecule has 0 radical (unpaired) electrons. The minimum absolute atomic E-state index is 0.0282. The van der Waals surface area contributed by atoms with Gasteiger partial charge in [-0.15, -0.1) is 0 Å². The van der Waals surface area contributed by atoms with Gasteiger partial charge in [0.1, 0.15) is 6.34 Å². The molecule has 0 spiro atoms. The molecule has 33 heavy (non-hydrogen) atoms. The van der Waals surface area contributed by atoms with Crippen molar-refractivity contribution in [1.29, 1.82) is 0 Å². The predicted molar refractivity (Wildman–Crippen MR) is 125 cm³/mol. The third-order valence-electron chi connectivity index (χ3n) is 6.10. The number of fused-ring (bicyclic) bond motifs is 2. The van der Waals surface area contributed by atoms with Gasteiger partial charge in [-0.2, -0.15) is 0 Å². The number of nitrogens with one attached hydrogen (secondary N) is 2. The molecule has 5 heterocycles. The first-order valence-corrected chi connectivity index (χ1v) is 10.5. The first kappa shape index (κ1) is 18.0. The Hall–Kier alpha value is -4.66. The summed E-state index contributed by atoms with van der Waals surface area (Å²) < 4.78 is 0. The SMILES string of the molecule is O=C1Cc2cccc(C3=CC4=CC(c5cccc6c5NC(=O)C6)=NC5=NC=NC(=N3)N45)c2N1. The number of rotatable bonds is 2. The van der Waals surface area contributed by atoms with Crippen LogP contribution < -0.4 is 10.6 Å². The second-order valence-electron chi connectivity index (χ2n) is 8.15. The Labute approximate surface area is 187 Å². The Morgan fingerprint density at radius 1 is 0.788 bits per heavy atom. The maximum absolute atomic E-state index is 12.0. The molecule has 2 aromatic rings. The van der Waals surface area contributed by atoms with Crippen molar-refractivity contribution < 1.29 is 9.59 Å². The summed E-state index contributed by atoms with van der Waals surface area (Å²) in [4.78, 5) is 43.9. The molecule has 7 rings (SSSR count). The highest BCUT2D eigenvalue weighted by Crippen LogP contribution is 2.37. The first-order chi connectivity index (χ1) is 16.1. The molecule has 9 heteroatoms. The molecular formula is C24H15N7O2. The highest BCUT2D eigenvalue weighted by molar-refractivity contribution is 6.25. The fraction of sp³-hybridized carbons (Fsp3) is 0.0833. The predicted octanol–water partition coefficient (Wildman–Crippen LogP) is 2.47. The van der Waals surface area contributed by atoms with Gasteiger partial charge in [0.2, 0.25) is 23.7 Å². The van der Waals surface area contributed by atoms with Crippen molar-refractivity contribution in [3.8, 4) is 0 Å². The molecule has 0 aliphatic carbocycles. The Kier molecular flexibility index (Phi) is 3.50. The van der Waals surface area contributed by atoms with E-state index < -0.39 is 0 Å². The zero-order valence-electron chi connectivity index (χ0n) is 17.2. The minimum atomic E-state index is -0.0282. The summed E-state index contributed by atoms with van der Waals surface area (Å²) in [5.41, 5.74) is 7.33. The number of guanidine groups is 2. The third-order valence-corrected chi connectivity index (χ3v) is 6.10. The molecule has 0 saturated heterocycles. The summed E-state index contributed by atoms with van der Waals surface area (Å²) in [6.45, 7) is 0. The van der Waals surface area contributed by atoms with Crippen LogP contribution in [0.15, 0.2) is 74.2 Å². The molecule has 0 aromatic heterocycles. The average Bonchev–Trinajstić information content (AvgIpc) is 3.39. The fourth-order valence-electron chi connectivity index (χ4n) is 4.66. The van der Waals surface area contributed by atoms with E-state index in [9.17, 15) is 9.59 Å². The highest BCUT2D eigenvalue weighted by Gasteiger charge is 2.33. The van der Waals surface area contributed by atoms with Gasteiger partial charge in [-0.1, -0.05) is 36.4 Å². The summed E-state index contributed by atoms with van der Waals surface area (Å²) in [6.07, 6.45) is 6.04. The Morgan fingerprint density at radius 3 is 2.24 bits per heavy atom. The fourth-order valence-corrected chi connectivity index (χ4v) is 4.66. The van der Waals surface area contributed by atoms with Crippen LogP contribution in [0.2, 0.25) is 0 Å². The van der Waals surface area contributed by atoms with E-state index in [2.05, 4.69) is 20.6 Å². The van der Waals surface area contributed by atoms with Crippen LogP contribution in [-0.4, -0.2) is 40.7 Å². The molecule has 0 bridgehead atoms. The summed E-state index contributed by atoms with van der Waals surface area (Å²) in [5, 5.41) is 5.90. The van der Waals surface area contributed by atoms with E-state index in [-0.39, 0.29) is 11.8 Å². The first-order valence-electron chi connectivity index (χ1n) is 10.5. The van der Waals surface area contributed by atoms with Crippen molar-refractivity contribution in [2.24, 2.45) is 20.0 Å². The van der Waals surface area contributed by atoms with Crippen molar-refractivity contribution in [2.45, 2.75) is 12.8 Å². The van der Waals surface area contributed by atoms with Gasteiger partial charge in [0, 0.05) is 11.1 Å². The molecule has 0 fully saturated rings. The number of allylic oxidation sites excluding steroid dienone is 2. The number of aliphatic imine (C=N–C) groups is 4. The van der Waals surface area contributed by atoms with Crippen LogP contribution in [0.25, 0.3) is 5.70 Å². The largest absolute Gasteiger partial charge is 0.325 e. The highest BCUT2D eigenvalue weighted by atomic mass is 16.2. The number of hydrogen-bond acceptors (Lipinski definition) is 7. The lowest BCUT2D eigenvalue weighted by Crippen LogP contribution is -2.40. The van der Waals surface area contributed by atoms with Gasteiger partial charge in [-0.3, -0.25) is 9.59 Å². The van der Waals surface area contributed by atoms with E-state index in [0.29, 0.717) is 36.2 Å². The van der Waals surface area contributed by atoms with E-state index in [4.69, 9.17) is 9.98 Å². The van der Waals surface area contributed by atoms with Crippen LogP contribution in [0, 0.1) is 0 Å². The van der Waals surface area contributed by atoms with Crippen molar-refractivity contribution >= 4 is 52.9 Å². The van der Waals surface area contributed by atoms with Gasteiger partial charge < -0.3 is 10.6 Å². The smallest absolute Gasteiger partial charge is 0.239 e. The molecule has 2 amide bonds. The molecule has 5 aliphatic heterocycles. The maximum Gasteiger partial charge on any atom is 0.239 e. The molecule has 5 aliphatic rings. The topological polar surface area (TPSA) is 111 Å². The van der Waals surface area contributed by atoms with Crippen molar-refractivity contribution in [1.82, 2.24) is 4.90 Å². The van der Waals surface area contributed by atoms with E-state index in [1.807, 2.05) is 48.6 Å². The number of carbonyl (C=O) groups is 2. The Bertz CT molecular complexity index is 1440. The van der Waals surface area contributed by atoms with Crippen LogP contribution in [0.5, 0.6) is 0 Å². The molecule has 0 saturated carbocycles. The lowest BCUT2D eigenvalue weighted by molar-refractivity contribution is -0.115. The number of amides is 2. The van der Waals surface area contributed by atoms with Crippen LogP contribution >= 0.6 is 0 Å². The van der Waals surface area contributed by atoms with Crippen LogP contribution in [-0.2, 0) is 22.4 Å². The van der Waals surface area contributed by atoms with Gasteiger partial charge in [0.25, 0.3) is 0 Å². The lowest BCUT2D eigenvalue weighted by Gasteiger charge is -2.32. The summed E-state index contributed by atoms with van der Waals surface area (Å²) >= 11 is 0. The van der Waals surface area contributed by atoms with Crippen molar-refractivity contribution in [3.63, 3.8) is 0 Å². The monoisotopic (exact) mass is 433 g/mol. The molecule has 9 nitrogen and oxygen atoms in total. The lowest BCUT2D eigenvalue weighted by atomic mass is 10.00. The summed E-state index contributed by atoms with van der Waals surface area (Å²) in [5.74, 6) is 0.860. The quantitative estimate of drug-likeness (QED) is 0.759. The van der Waals surface area contributed by atoms with E-state index >= 15 is 0 Å². The van der Waals surface area contributed by atoms with Gasteiger partial charge in [0.15, 0.2) is 0 Å². The van der Waals surface area contributed by atoms with Crippen LogP contribution in [0.1, 0.15) is 22.3 Å². The van der Waals surface area contributed by atoms with Crippen LogP contribution in [0.4, 0.5) is 11.4 Å². The molecule has 2 aromatic carbocycles. The van der Waals surface area contributed by atoms with E-state index in [1.165, 1.54) is 6.34 Å². The molecular weight excluding hydrogens is 418 g/mol. The van der Waals surface area contributed by atoms with Gasteiger partial charge in [0.05, 0.1) is 41.3 Å². The number of para-hydroxylation sites is 2. The second-order valence-corrected chi connectivity index (χ2v) is 8.15. The molecule has 158 valence electrons. The molecule has 0 atom stereocenters. The van der Waals surface area contributed by atoms with Gasteiger partial charge in [-0.25, -0.2) is 24.9 Å². The van der Waals surface area contributed by atoms with Gasteiger partial charge >= 0.3 is 0 Å². The average molecular weight is 433 g/mol. The number of carbonyl (C=O) groups excluding carboxylic acids is 2. The van der Waals surface area contributed by atoms with E-state index in [1.54, 1.807) is 4.90 Å². The van der Waals surface area contributed by atoms with Crippen LogP contribution in [0.3, 0.4) is 0 Å². The Morgan fingerprint density at radius 2 is 1.48 bits per heavy atom. The number of nitrogens with zero attached hydrogens (tertiary/aromatic N) is 5. The number of benzene rings is 2. The Balaban J connectivity index is 1.38. The van der Waals surface area contributed by atoms with Crippen molar-refractivity contribution in [3.05, 3.63) is 76.5 Å². The normalized spacial score (nSPS) is 19.4. The molecule has 2 N–H and O–H groups in total. The zero-order chi connectivity index (χ0) is 22.1. The molecule has 0 unspecified atom stereocenters. The van der Waals surface area contributed by atoms with Crippen molar-refractivity contribution in [2.75, 3.05) is 10.6 Å². The number of anilines is 2. The van der Waals surface area contributed by atoms with Gasteiger partial charge in [-0.05, 0) is 23.3 Å². The maximum atomic E-state index is 12.0. The third kappa shape index (κ3) is 2.65. The summed E-state index contributed by atoms with van der Waals surface area (Å²) in [7, 11) is 0. The standard InChI is InChI=1S/C24H15N7O2/c32-19-7-12-3-1-5-15(21(12)29-19)17-9-14-10-18(28-24-26-11-25-23(27-17)31(14)24)16-6-2-4-13-8-20(33)30-22(13)16/h1-6,9-11H,7-8H2,(H,29,32)(H,30,33).